The Hall–Kier alpha value is -0.990. The SMILES string of the molecule is CC.CCOC(=O)/C=C/N1CCCCC1. The van der Waals surface area contributed by atoms with Crippen LogP contribution in [0.5, 0.6) is 0 Å². The van der Waals surface area contributed by atoms with Gasteiger partial charge in [0, 0.05) is 25.4 Å². The third kappa shape index (κ3) is 7.00. The molecule has 1 saturated heterocycles. The summed E-state index contributed by atoms with van der Waals surface area (Å²) in [5.41, 5.74) is 0. The third-order valence-corrected chi connectivity index (χ3v) is 2.10. The van der Waals surface area contributed by atoms with Crippen molar-refractivity contribution in [1.82, 2.24) is 4.90 Å². The molecular formula is C12H23NO2. The zero-order valence-electron chi connectivity index (χ0n) is 10.2. The summed E-state index contributed by atoms with van der Waals surface area (Å²) < 4.78 is 4.78. The Morgan fingerprint density at radius 1 is 1.27 bits per heavy atom. The monoisotopic (exact) mass is 213 g/mol. The summed E-state index contributed by atoms with van der Waals surface area (Å²) in [4.78, 5) is 13.1. The van der Waals surface area contributed by atoms with Gasteiger partial charge in [-0.15, -0.1) is 0 Å². The van der Waals surface area contributed by atoms with Gasteiger partial charge in [0.25, 0.3) is 0 Å². The second-order valence-electron chi connectivity index (χ2n) is 3.16. The Kier molecular flexibility index (Phi) is 8.93. The highest BCUT2D eigenvalue weighted by atomic mass is 16.5. The molecule has 0 aliphatic carbocycles. The molecule has 0 saturated carbocycles. The standard InChI is InChI=1S/C10H17NO2.C2H6/c1-2-13-10(12)6-9-11-7-4-3-5-8-11;1-2/h6,9H,2-5,7-8H2,1H3;1-2H3/b9-6+;. The Bertz CT molecular complexity index is 184. The molecule has 1 rings (SSSR count). The van der Waals surface area contributed by atoms with Crippen molar-refractivity contribution in [2.24, 2.45) is 0 Å². The van der Waals surface area contributed by atoms with Crippen molar-refractivity contribution in [1.29, 1.82) is 0 Å². The predicted octanol–water partition coefficient (Wildman–Crippen LogP) is 2.58. The van der Waals surface area contributed by atoms with Crippen LogP contribution in [0.4, 0.5) is 0 Å². The van der Waals surface area contributed by atoms with Crippen molar-refractivity contribution in [3.05, 3.63) is 12.3 Å². The van der Waals surface area contributed by atoms with Crippen LogP contribution in [0, 0.1) is 0 Å². The minimum Gasteiger partial charge on any atom is -0.463 e. The number of ether oxygens (including phenoxy) is 1. The largest absolute Gasteiger partial charge is 0.463 e. The van der Waals surface area contributed by atoms with Crippen molar-refractivity contribution in [3.8, 4) is 0 Å². The number of carbonyl (C=O) groups excluding carboxylic acids is 1. The molecule has 1 fully saturated rings. The molecule has 0 aromatic rings. The van der Waals surface area contributed by atoms with Crippen LogP contribution in [0.3, 0.4) is 0 Å². The first-order valence-corrected chi connectivity index (χ1v) is 5.92. The smallest absolute Gasteiger partial charge is 0.332 e. The minimum atomic E-state index is -0.243. The summed E-state index contributed by atoms with van der Waals surface area (Å²) in [6, 6.07) is 0. The predicted molar refractivity (Wildman–Crippen MR) is 62.5 cm³/mol. The molecule has 1 aliphatic rings. The van der Waals surface area contributed by atoms with E-state index < -0.39 is 0 Å². The van der Waals surface area contributed by atoms with E-state index in [1.807, 2.05) is 27.0 Å². The van der Waals surface area contributed by atoms with Gasteiger partial charge in [-0.3, -0.25) is 0 Å². The molecule has 1 heterocycles. The van der Waals surface area contributed by atoms with E-state index in [4.69, 9.17) is 4.74 Å². The van der Waals surface area contributed by atoms with E-state index in [1.54, 1.807) is 0 Å². The summed E-state index contributed by atoms with van der Waals surface area (Å²) in [6.07, 6.45) is 7.12. The zero-order valence-corrected chi connectivity index (χ0v) is 10.2. The molecule has 0 aromatic heterocycles. The van der Waals surface area contributed by atoms with Crippen LogP contribution in [0.1, 0.15) is 40.0 Å². The van der Waals surface area contributed by atoms with E-state index in [9.17, 15) is 4.79 Å². The summed E-state index contributed by atoms with van der Waals surface area (Å²) in [5, 5.41) is 0. The van der Waals surface area contributed by atoms with Gasteiger partial charge in [0.2, 0.25) is 0 Å². The van der Waals surface area contributed by atoms with E-state index in [2.05, 4.69) is 4.90 Å². The number of hydrogen-bond acceptors (Lipinski definition) is 3. The molecule has 3 nitrogen and oxygen atoms in total. The molecule has 0 N–H and O–H groups in total. The number of likely N-dealkylation sites (tertiary alicyclic amines) is 1. The lowest BCUT2D eigenvalue weighted by molar-refractivity contribution is -0.137. The van der Waals surface area contributed by atoms with Gasteiger partial charge in [-0.1, -0.05) is 13.8 Å². The number of nitrogens with zero attached hydrogens (tertiary/aromatic N) is 1. The van der Waals surface area contributed by atoms with Crippen molar-refractivity contribution in [2.45, 2.75) is 40.0 Å². The van der Waals surface area contributed by atoms with Crippen molar-refractivity contribution in [2.75, 3.05) is 19.7 Å². The molecule has 0 bridgehead atoms. The van der Waals surface area contributed by atoms with Crippen molar-refractivity contribution < 1.29 is 9.53 Å². The van der Waals surface area contributed by atoms with Gasteiger partial charge < -0.3 is 9.64 Å². The first kappa shape index (κ1) is 14.0. The second kappa shape index (κ2) is 9.56. The highest BCUT2D eigenvalue weighted by Gasteiger charge is 2.05. The molecule has 0 unspecified atom stereocenters. The number of carbonyl (C=O) groups is 1. The van der Waals surface area contributed by atoms with Gasteiger partial charge in [-0.2, -0.15) is 0 Å². The lowest BCUT2D eigenvalue weighted by atomic mass is 10.1. The van der Waals surface area contributed by atoms with Crippen LogP contribution >= 0.6 is 0 Å². The van der Waals surface area contributed by atoms with E-state index >= 15 is 0 Å². The zero-order chi connectivity index (χ0) is 11.5. The summed E-state index contributed by atoms with van der Waals surface area (Å²) in [5.74, 6) is -0.243. The van der Waals surface area contributed by atoms with Gasteiger partial charge in [0.05, 0.1) is 6.61 Å². The molecule has 0 aromatic carbocycles. The Morgan fingerprint density at radius 3 is 2.40 bits per heavy atom. The normalized spacial score (nSPS) is 15.8. The average molecular weight is 213 g/mol. The van der Waals surface area contributed by atoms with Crippen LogP contribution in [-0.2, 0) is 9.53 Å². The van der Waals surface area contributed by atoms with E-state index in [1.165, 1.54) is 25.3 Å². The number of hydrogen-bond donors (Lipinski definition) is 0. The Balaban J connectivity index is 0.000000921. The summed E-state index contributed by atoms with van der Waals surface area (Å²) in [7, 11) is 0. The maximum absolute atomic E-state index is 11.0. The molecule has 88 valence electrons. The van der Waals surface area contributed by atoms with E-state index in [0.29, 0.717) is 6.61 Å². The van der Waals surface area contributed by atoms with E-state index in [0.717, 1.165) is 13.1 Å². The quantitative estimate of drug-likeness (QED) is 0.533. The van der Waals surface area contributed by atoms with Crippen LogP contribution in [-0.4, -0.2) is 30.6 Å². The van der Waals surface area contributed by atoms with E-state index in [-0.39, 0.29) is 5.97 Å². The minimum absolute atomic E-state index is 0.243. The molecule has 0 amide bonds. The van der Waals surface area contributed by atoms with Gasteiger partial charge in [0.15, 0.2) is 0 Å². The highest BCUT2D eigenvalue weighted by molar-refractivity contribution is 5.81. The molecule has 15 heavy (non-hydrogen) atoms. The second-order valence-corrected chi connectivity index (χ2v) is 3.16. The summed E-state index contributed by atoms with van der Waals surface area (Å²) in [6.45, 7) is 8.39. The highest BCUT2D eigenvalue weighted by Crippen LogP contribution is 2.08. The van der Waals surface area contributed by atoms with Gasteiger partial charge in [0.1, 0.15) is 0 Å². The topological polar surface area (TPSA) is 29.5 Å². The Labute approximate surface area is 93.1 Å². The van der Waals surface area contributed by atoms with Gasteiger partial charge in [-0.05, 0) is 26.2 Å². The number of rotatable bonds is 3. The van der Waals surface area contributed by atoms with Crippen LogP contribution in [0.15, 0.2) is 12.3 Å². The summed E-state index contributed by atoms with van der Waals surface area (Å²) >= 11 is 0. The van der Waals surface area contributed by atoms with Gasteiger partial charge in [-0.25, -0.2) is 4.79 Å². The molecule has 0 radical (unpaired) electrons. The molecule has 0 spiro atoms. The van der Waals surface area contributed by atoms with Crippen LogP contribution < -0.4 is 0 Å². The average Bonchev–Trinajstić information content (AvgIpc) is 2.31. The lowest BCUT2D eigenvalue weighted by Gasteiger charge is -2.24. The van der Waals surface area contributed by atoms with Crippen molar-refractivity contribution >= 4 is 5.97 Å². The fourth-order valence-electron chi connectivity index (χ4n) is 1.42. The molecule has 1 aliphatic heterocycles. The fraction of sp³-hybridized carbons (Fsp3) is 0.750. The Morgan fingerprint density at radius 2 is 1.87 bits per heavy atom. The molecule has 3 heteroatoms. The number of piperidine rings is 1. The van der Waals surface area contributed by atoms with Crippen molar-refractivity contribution in [3.63, 3.8) is 0 Å². The maximum Gasteiger partial charge on any atom is 0.332 e. The fourth-order valence-corrected chi connectivity index (χ4v) is 1.42. The lowest BCUT2D eigenvalue weighted by Crippen LogP contribution is -2.24. The third-order valence-electron chi connectivity index (χ3n) is 2.10. The van der Waals surface area contributed by atoms with Crippen LogP contribution in [0.2, 0.25) is 0 Å². The molecule has 0 atom stereocenters. The maximum atomic E-state index is 11.0. The number of esters is 1. The van der Waals surface area contributed by atoms with Crippen LogP contribution in [0.25, 0.3) is 0 Å². The first-order valence-electron chi connectivity index (χ1n) is 5.92. The van der Waals surface area contributed by atoms with Gasteiger partial charge >= 0.3 is 5.97 Å². The first-order chi connectivity index (χ1) is 7.33. The molecular weight excluding hydrogens is 190 g/mol.